The monoisotopic (exact) mass is 213 g/mol. The molecule has 0 fully saturated rings. The Hall–Kier alpha value is -1.29. The normalized spacial score (nSPS) is 12.5. The maximum atomic E-state index is 13.0. The fourth-order valence-corrected chi connectivity index (χ4v) is 1.30. The zero-order valence-corrected chi connectivity index (χ0v) is 8.96. The SMILES string of the molecule is CCC(COC)Nc1ccc(O)c(F)c1. The molecule has 0 aliphatic rings. The number of phenolic OH excluding ortho intramolecular Hbond substituents is 1. The fraction of sp³-hybridized carbons (Fsp3) is 0.455. The van der Waals surface area contributed by atoms with Crippen molar-refractivity contribution in [2.24, 2.45) is 0 Å². The molecule has 84 valence electrons. The van der Waals surface area contributed by atoms with Gasteiger partial charge in [-0.2, -0.15) is 0 Å². The van der Waals surface area contributed by atoms with Gasteiger partial charge in [0.1, 0.15) is 0 Å². The van der Waals surface area contributed by atoms with E-state index >= 15 is 0 Å². The number of anilines is 1. The molecule has 15 heavy (non-hydrogen) atoms. The van der Waals surface area contributed by atoms with Crippen LogP contribution in [0.2, 0.25) is 0 Å². The van der Waals surface area contributed by atoms with E-state index in [9.17, 15) is 4.39 Å². The Kier molecular flexibility index (Phi) is 4.37. The highest BCUT2D eigenvalue weighted by atomic mass is 19.1. The van der Waals surface area contributed by atoms with E-state index in [0.717, 1.165) is 6.42 Å². The van der Waals surface area contributed by atoms with Crippen LogP contribution in [0.1, 0.15) is 13.3 Å². The molecule has 0 aromatic heterocycles. The molecule has 0 amide bonds. The van der Waals surface area contributed by atoms with Gasteiger partial charge in [0.05, 0.1) is 6.61 Å². The van der Waals surface area contributed by atoms with Crippen molar-refractivity contribution in [3.63, 3.8) is 0 Å². The predicted molar refractivity (Wildman–Crippen MR) is 57.6 cm³/mol. The minimum atomic E-state index is -0.618. The lowest BCUT2D eigenvalue weighted by Gasteiger charge is -2.17. The molecule has 0 aliphatic carbocycles. The number of aromatic hydroxyl groups is 1. The van der Waals surface area contributed by atoms with Gasteiger partial charge in [0.2, 0.25) is 0 Å². The number of halogens is 1. The first-order valence-electron chi connectivity index (χ1n) is 4.91. The number of hydrogen-bond acceptors (Lipinski definition) is 3. The Bertz CT molecular complexity index is 317. The minimum Gasteiger partial charge on any atom is -0.505 e. The van der Waals surface area contributed by atoms with Crippen molar-refractivity contribution in [1.82, 2.24) is 0 Å². The first kappa shape index (κ1) is 11.8. The number of ether oxygens (including phenoxy) is 1. The average Bonchev–Trinajstić information content (AvgIpc) is 2.23. The van der Waals surface area contributed by atoms with E-state index in [1.807, 2.05) is 6.92 Å². The van der Waals surface area contributed by atoms with E-state index in [2.05, 4.69) is 5.32 Å². The van der Waals surface area contributed by atoms with Gasteiger partial charge < -0.3 is 15.2 Å². The van der Waals surface area contributed by atoms with Gasteiger partial charge in [0.15, 0.2) is 11.6 Å². The molecular formula is C11H16FNO2. The molecule has 0 bridgehead atoms. The number of benzene rings is 1. The van der Waals surface area contributed by atoms with Crippen molar-refractivity contribution in [2.45, 2.75) is 19.4 Å². The lowest BCUT2D eigenvalue weighted by atomic mass is 10.2. The van der Waals surface area contributed by atoms with Crippen molar-refractivity contribution in [3.05, 3.63) is 24.0 Å². The molecular weight excluding hydrogens is 197 g/mol. The van der Waals surface area contributed by atoms with Gasteiger partial charge in [0, 0.05) is 24.9 Å². The first-order chi connectivity index (χ1) is 7.17. The Balaban J connectivity index is 2.66. The van der Waals surface area contributed by atoms with E-state index in [0.29, 0.717) is 12.3 Å². The largest absolute Gasteiger partial charge is 0.505 e. The summed E-state index contributed by atoms with van der Waals surface area (Å²) < 4.78 is 18.0. The summed E-state index contributed by atoms with van der Waals surface area (Å²) in [6.45, 7) is 2.59. The van der Waals surface area contributed by atoms with Crippen LogP contribution >= 0.6 is 0 Å². The van der Waals surface area contributed by atoms with Crippen molar-refractivity contribution in [1.29, 1.82) is 0 Å². The molecule has 0 saturated heterocycles. The molecule has 0 aliphatic heterocycles. The highest BCUT2D eigenvalue weighted by Gasteiger charge is 2.07. The molecule has 0 saturated carbocycles. The molecule has 2 N–H and O–H groups in total. The summed E-state index contributed by atoms with van der Waals surface area (Å²) in [4.78, 5) is 0. The molecule has 0 spiro atoms. The lowest BCUT2D eigenvalue weighted by molar-refractivity contribution is 0.184. The standard InChI is InChI=1S/C11H16FNO2/c1-3-8(7-15-2)13-9-4-5-11(14)10(12)6-9/h4-6,8,13-14H,3,7H2,1-2H3. The summed E-state index contributed by atoms with van der Waals surface area (Å²) in [6, 6.07) is 4.39. The highest BCUT2D eigenvalue weighted by Crippen LogP contribution is 2.20. The molecule has 4 heteroatoms. The number of hydrogen-bond donors (Lipinski definition) is 2. The van der Waals surface area contributed by atoms with E-state index in [4.69, 9.17) is 9.84 Å². The van der Waals surface area contributed by atoms with E-state index < -0.39 is 5.82 Å². The van der Waals surface area contributed by atoms with Crippen LogP contribution in [0.25, 0.3) is 0 Å². The third kappa shape index (κ3) is 3.40. The van der Waals surface area contributed by atoms with Gasteiger partial charge in [-0.15, -0.1) is 0 Å². The van der Waals surface area contributed by atoms with Gasteiger partial charge in [-0.25, -0.2) is 4.39 Å². The number of nitrogens with one attached hydrogen (secondary N) is 1. The van der Waals surface area contributed by atoms with E-state index in [1.54, 1.807) is 13.2 Å². The summed E-state index contributed by atoms with van der Waals surface area (Å²) in [6.07, 6.45) is 0.885. The van der Waals surface area contributed by atoms with E-state index in [-0.39, 0.29) is 11.8 Å². The van der Waals surface area contributed by atoms with Crippen LogP contribution in [0.4, 0.5) is 10.1 Å². The smallest absolute Gasteiger partial charge is 0.166 e. The highest BCUT2D eigenvalue weighted by molar-refractivity contribution is 5.47. The van der Waals surface area contributed by atoms with Crippen LogP contribution in [-0.4, -0.2) is 24.9 Å². The van der Waals surface area contributed by atoms with Crippen molar-refractivity contribution in [3.8, 4) is 5.75 Å². The Labute approximate surface area is 88.9 Å². The number of rotatable bonds is 5. The summed E-state index contributed by atoms with van der Waals surface area (Å²) in [5, 5.41) is 12.1. The quantitative estimate of drug-likeness (QED) is 0.738. The molecule has 1 aromatic rings. The first-order valence-corrected chi connectivity index (χ1v) is 4.91. The van der Waals surface area contributed by atoms with Crippen LogP contribution in [-0.2, 0) is 4.74 Å². The summed E-state index contributed by atoms with van der Waals surface area (Å²) in [7, 11) is 1.63. The minimum absolute atomic E-state index is 0.152. The van der Waals surface area contributed by atoms with Crippen LogP contribution < -0.4 is 5.32 Å². The third-order valence-electron chi connectivity index (χ3n) is 2.18. The van der Waals surface area contributed by atoms with Crippen molar-refractivity contribution < 1.29 is 14.2 Å². The van der Waals surface area contributed by atoms with Crippen LogP contribution in [0.15, 0.2) is 18.2 Å². The Morgan fingerprint density at radius 2 is 2.27 bits per heavy atom. The third-order valence-corrected chi connectivity index (χ3v) is 2.18. The zero-order chi connectivity index (χ0) is 11.3. The second-order valence-electron chi connectivity index (χ2n) is 3.37. The molecule has 1 atom stereocenters. The topological polar surface area (TPSA) is 41.5 Å². The lowest BCUT2D eigenvalue weighted by Crippen LogP contribution is -2.23. The van der Waals surface area contributed by atoms with Gasteiger partial charge in [-0.05, 0) is 18.6 Å². The van der Waals surface area contributed by atoms with E-state index in [1.165, 1.54) is 12.1 Å². The molecule has 1 rings (SSSR count). The Morgan fingerprint density at radius 3 is 2.80 bits per heavy atom. The number of phenols is 1. The molecule has 0 radical (unpaired) electrons. The second-order valence-corrected chi connectivity index (χ2v) is 3.37. The van der Waals surface area contributed by atoms with Crippen molar-refractivity contribution >= 4 is 5.69 Å². The molecule has 0 heterocycles. The Morgan fingerprint density at radius 1 is 1.53 bits per heavy atom. The van der Waals surface area contributed by atoms with Gasteiger partial charge in [0.25, 0.3) is 0 Å². The molecule has 1 aromatic carbocycles. The van der Waals surface area contributed by atoms with Crippen LogP contribution in [0, 0.1) is 5.82 Å². The second kappa shape index (κ2) is 5.56. The van der Waals surface area contributed by atoms with Gasteiger partial charge >= 0.3 is 0 Å². The maximum Gasteiger partial charge on any atom is 0.166 e. The zero-order valence-electron chi connectivity index (χ0n) is 8.96. The summed E-state index contributed by atoms with van der Waals surface area (Å²) >= 11 is 0. The fourth-order valence-electron chi connectivity index (χ4n) is 1.30. The van der Waals surface area contributed by atoms with Crippen LogP contribution in [0.3, 0.4) is 0 Å². The van der Waals surface area contributed by atoms with Crippen LogP contribution in [0.5, 0.6) is 5.75 Å². The van der Waals surface area contributed by atoms with Gasteiger partial charge in [-0.1, -0.05) is 6.92 Å². The average molecular weight is 213 g/mol. The van der Waals surface area contributed by atoms with Crippen molar-refractivity contribution in [2.75, 3.05) is 19.0 Å². The number of methoxy groups -OCH3 is 1. The van der Waals surface area contributed by atoms with Gasteiger partial charge in [-0.3, -0.25) is 0 Å². The summed E-state index contributed by atoms with van der Waals surface area (Å²) in [5.74, 6) is -0.951. The maximum absolute atomic E-state index is 13.0. The molecule has 1 unspecified atom stereocenters. The predicted octanol–water partition coefficient (Wildman–Crippen LogP) is 2.37. The molecule has 3 nitrogen and oxygen atoms in total. The summed E-state index contributed by atoms with van der Waals surface area (Å²) in [5.41, 5.74) is 0.647.